The zero-order chi connectivity index (χ0) is 40.5. The van der Waals surface area contributed by atoms with Crippen LogP contribution in [-0.2, 0) is 17.9 Å². The molecule has 3 aromatic carbocycles. The molecule has 55 heavy (non-hydrogen) atoms. The Bertz CT molecular complexity index is 1510. The van der Waals surface area contributed by atoms with Gasteiger partial charge in [0.25, 0.3) is 11.8 Å². The minimum atomic E-state index is -5.08. The minimum absolute atomic E-state index is 0.253. The van der Waals surface area contributed by atoms with Crippen LogP contribution < -0.4 is 43.4 Å². The summed E-state index contributed by atoms with van der Waals surface area (Å²) < 4.78 is 31.7. The number of anilines is 2. The Balaban J connectivity index is 0.00000136. The van der Waals surface area contributed by atoms with Gasteiger partial charge in [0.05, 0.1) is 0 Å². The third-order valence-electron chi connectivity index (χ3n) is 7.81. The standard InChI is InChI=1S/C36H50N8O4.C2HF3O2/c37-21-5-1-3-7-23-39-35(47)43-31-17-9-27(10-18-31)25-41-33(45)29-13-15-30(16-14-29)34(46)42-26-28-11-19-32(20-12-28)44-36(48)40-24-8-4-2-6-22-38;3-2(4,5)1(6)7/h9-20H,1-8,21-26,37-38H2,(H,41,45)(H,42,46)(H2,39,43,47)(H2,40,44,48);(H,6,7). The van der Waals surface area contributed by atoms with Gasteiger partial charge in [-0.1, -0.05) is 49.9 Å². The molecule has 14 nitrogen and oxygen atoms in total. The van der Waals surface area contributed by atoms with Gasteiger partial charge in [0, 0.05) is 48.7 Å². The molecule has 0 aromatic heterocycles. The molecule has 0 spiro atoms. The molecule has 0 heterocycles. The van der Waals surface area contributed by atoms with Crippen LogP contribution in [0.25, 0.3) is 0 Å². The normalized spacial score (nSPS) is 10.6. The number of urea groups is 2. The number of nitrogens with two attached hydrogens (primary N) is 2. The second-order valence-corrected chi connectivity index (χ2v) is 12.3. The van der Waals surface area contributed by atoms with Crippen molar-refractivity contribution >= 4 is 41.2 Å². The summed E-state index contributed by atoms with van der Waals surface area (Å²) in [7, 11) is 0. The van der Waals surface area contributed by atoms with E-state index in [9.17, 15) is 32.3 Å². The van der Waals surface area contributed by atoms with Crippen LogP contribution >= 0.6 is 0 Å². The highest BCUT2D eigenvalue weighted by Gasteiger charge is 2.38. The third-order valence-corrected chi connectivity index (χ3v) is 7.81. The summed E-state index contributed by atoms with van der Waals surface area (Å²) in [5.74, 6) is -3.28. The van der Waals surface area contributed by atoms with Gasteiger partial charge >= 0.3 is 24.2 Å². The average Bonchev–Trinajstić information content (AvgIpc) is 3.16. The molecule has 0 saturated carbocycles. The first-order valence-corrected chi connectivity index (χ1v) is 18.0. The van der Waals surface area contributed by atoms with Gasteiger partial charge in [0.2, 0.25) is 0 Å². The van der Waals surface area contributed by atoms with Crippen molar-refractivity contribution in [3.63, 3.8) is 0 Å². The molecule has 0 aliphatic carbocycles. The number of alkyl halides is 3. The molecule has 11 N–H and O–H groups in total. The highest BCUT2D eigenvalue weighted by atomic mass is 19.4. The van der Waals surface area contributed by atoms with Gasteiger partial charge in [-0.2, -0.15) is 13.2 Å². The number of amides is 6. The first-order chi connectivity index (χ1) is 26.3. The van der Waals surface area contributed by atoms with Gasteiger partial charge in [-0.25, -0.2) is 14.4 Å². The summed E-state index contributed by atoms with van der Waals surface area (Å²) in [6, 6.07) is 20.4. The largest absolute Gasteiger partial charge is 0.490 e. The van der Waals surface area contributed by atoms with Crippen molar-refractivity contribution in [2.45, 2.75) is 70.6 Å². The Morgan fingerprint density at radius 2 is 0.836 bits per heavy atom. The molecule has 0 aliphatic heterocycles. The Morgan fingerprint density at radius 3 is 1.15 bits per heavy atom. The number of carboxylic acid groups (broad SMARTS) is 1. The molecule has 300 valence electrons. The lowest BCUT2D eigenvalue weighted by atomic mass is 10.1. The van der Waals surface area contributed by atoms with Gasteiger partial charge < -0.3 is 48.5 Å². The fourth-order valence-electron chi connectivity index (χ4n) is 4.75. The Labute approximate surface area is 318 Å². The van der Waals surface area contributed by atoms with Crippen molar-refractivity contribution in [1.29, 1.82) is 0 Å². The topological polar surface area (TPSA) is 230 Å². The van der Waals surface area contributed by atoms with Gasteiger partial charge in [-0.15, -0.1) is 0 Å². The number of benzene rings is 3. The number of halogens is 3. The van der Waals surface area contributed by atoms with Gasteiger partial charge in [0.15, 0.2) is 0 Å². The predicted octanol–water partition coefficient (Wildman–Crippen LogP) is 5.46. The molecule has 0 unspecified atom stereocenters. The van der Waals surface area contributed by atoms with Crippen molar-refractivity contribution in [2.24, 2.45) is 11.5 Å². The summed E-state index contributed by atoms with van der Waals surface area (Å²) in [5.41, 5.74) is 14.9. The highest BCUT2D eigenvalue weighted by molar-refractivity contribution is 5.98. The van der Waals surface area contributed by atoms with Crippen LogP contribution in [0.1, 0.15) is 83.2 Å². The van der Waals surface area contributed by atoms with E-state index in [-0.39, 0.29) is 23.9 Å². The lowest BCUT2D eigenvalue weighted by Crippen LogP contribution is -2.29. The molecular formula is C38H51F3N8O6. The quantitative estimate of drug-likeness (QED) is 0.0668. The zero-order valence-electron chi connectivity index (χ0n) is 30.6. The summed E-state index contributed by atoms with van der Waals surface area (Å²) in [4.78, 5) is 58.4. The van der Waals surface area contributed by atoms with Crippen LogP contribution in [0.4, 0.5) is 34.1 Å². The zero-order valence-corrected chi connectivity index (χ0v) is 30.6. The molecular weight excluding hydrogens is 721 g/mol. The van der Waals surface area contributed by atoms with Crippen molar-refractivity contribution in [3.05, 3.63) is 95.1 Å². The molecule has 0 radical (unpaired) electrons. The Morgan fingerprint density at radius 1 is 0.509 bits per heavy atom. The van der Waals surface area contributed by atoms with Crippen LogP contribution in [0.15, 0.2) is 72.8 Å². The van der Waals surface area contributed by atoms with E-state index in [1.165, 1.54) is 0 Å². The Kier molecular flexibility index (Phi) is 21.0. The second kappa shape index (κ2) is 25.4. The molecule has 3 aromatic rings. The van der Waals surface area contributed by atoms with E-state index in [1.807, 2.05) is 24.3 Å². The predicted molar refractivity (Wildman–Crippen MR) is 204 cm³/mol. The SMILES string of the molecule is NCCCCCCNC(=O)Nc1ccc(CNC(=O)c2ccc(C(=O)NCc3ccc(NC(=O)NCCCCCCN)cc3)cc2)cc1.O=C(O)C(F)(F)F. The number of aliphatic carboxylic acids is 1. The number of rotatable bonds is 20. The number of hydrogen-bond donors (Lipinski definition) is 9. The Hall–Kier alpha value is -5.68. The van der Waals surface area contributed by atoms with Crippen molar-refractivity contribution in [1.82, 2.24) is 21.3 Å². The molecule has 0 atom stereocenters. The van der Waals surface area contributed by atoms with E-state index < -0.39 is 12.1 Å². The third kappa shape index (κ3) is 19.8. The van der Waals surface area contributed by atoms with Crippen LogP contribution in [0.2, 0.25) is 0 Å². The van der Waals surface area contributed by atoms with Crippen LogP contribution in [0.3, 0.4) is 0 Å². The second-order valence-electron chi connectivity index (χ2n) is 12.3. The van der Waals surface area contributed by atoms with E-state index in [2.05, 4.69) is 31.9 Å². The van der Waals surface area contributed by atoms with E-state index in [4.69, 9.17) is 21.4 Å². The number of carboxylic acids is 1. The smallest absolute Gasteiger partial charge is 0.475 e. The van der Waals surface area contributed by atoms with Crippen LogP contribution in [-0.4, -0.2) is 67.3 Å². The fourth-order valence-corrected chi connectivity index (χ4v) is 4.75. The average molecular weight is 773 g/mol. The summed E-state index contributed by atoms with van der Waals surface area (Å²) in [6.45, 7) is 3.23. The molecule has 3 rings (SSSR count). The van der Waals surface area contributed by atoms with Crippen molar-refractivity contribution in [2.75, 3.05) is 36.8 Å². The fraction of sp³-hybridized carbons (Fsp3) is 0.395. The number of hydrogen-bond acceptors (Lipinski definition) is 7. The molecule has 0 bridgehead atoms. The van der Waals surface area contributed by atoms with Crippen molar-refractivity contribution in [3.8, 4) is 0 Å². The summed E-state index contributed by atoms with van der Waals surface area (Å²) in [6.07, 6.45) is 2.95. The van der Waals surface area contributed by atoms with E-state index >= 15 is 0 Å². The van der Waals surface area contributed by atoms with Crippen molar-refractivity contribution < 1.29 is 42.3 Å². The van der Waals surface area contributed by atoms with Crippen LogP contribution in [0, 0.1) is 0 Å². The summed E-state index contributed by atoms with van der Waals surface area (Å²) >= 11 is 0. The highest BCUT2D eigenvalue weighted by Crippen LogP contribution is 2.14. The molecule has 0 fully saturated rings. The van der Waals surface area contributed by atoms with Gasteiger partial charge in [0.1, 0.15) is 0 Å². The maximum Gasteiger partial charge on any atom is 0.490 e. The van der Waals surface area contributed by atoms with E-state index in [1.54, 1.807) is 48.5 Å². The lowest BCUT2D eigenvalue weighted by molar-refractivity contribution is -0.192. The number of nitrogens with one attached hydrogen (secondary N) is 6. The molecule has 0 saturated heterocycles. The maximum absolute atomic E-state index is 12.7. The minimum Gasteiger partial charge on any atom is -0.475 e. The van der Waals surface area contributed by atoms with Gasteiger partial charge in [-0.3, -0.25) is 9.59 Å². The van der Waals surface area contributed by atoms with E-state index in [0.29, 0.717) is 61.8 Å². The first kappa shape index (κ1) is 45.5. The molecule has 6 amide bonds. The number of carbonyl (C=O) groups is 5. The number of unbranched alkanes of at least 4 members (excludes halogenated alkanes) is 6. The van der Waals surface area contributed by atoms with E-state index in [0.717, 1.165) is 62.5 Å². The van der Waals surface area contributed by atoms with Gasteiger partial charge in [-0.05, 0) is 98.4 Å². The maximum atomic E-state index is 12.7. The summed E-state index contributed by atoms with van der Waals surface area (Å²) in [5, 5.41) is 24.2. The lowest BCUT2D eigenvalue weighted by Gasteiger charge is -2.10. The molecule has 0 aliphatic rings. The first-order valence-electron chi connectivity index (χ1n) is 18.0. The monoisotopic (exact) mass is 772 g/mol. The number of carbonyl (C=O) groups excluding carboxylic acids is 4. The van der Waals surface area contributed by atoms with Crippen LogP contribution in [0.5, 0.6) is 0 Å². The molecule has 17 heteroatoms.